The highest BCUT2D eigenvalue weighted by Crippen LogP contribution is 2.71. The molecule has 10 heteroatoms. The Hall–Kier alpha value is -4.79. The van der Waals surface area contributed by atoms with Crippen molar-refractivity contribution in [1.29, 1.82) is 0 Å². The van der Waals surface area contributed by atoms with Gasteiger partial charge in [0.15, 0.2) is 11.6 Å². The van der Waals surface area contributed by atoms with E-state index in [0.717, 1.165) is 11.1 Å². The maximum Gasteiger partial charge on any atom is 0.310 e. The topological polar surface area (TPSA) is 119 Å². The van der Waals surface area contributed by atoms with Gasteiger partial charge in [-0.2, -0.15) is 0 Å². The van der Waals surface area contributed by atoms with Crippen LogP contribution >= 0.6 is 23.2 Å². The number of benzene rings is 4. The third-order valence-corrected chi connectivity index (χ3v) is 10.6. The molecule has 4 aromatic carbocycles. The first kappa shape index (κ1) is 31.8. The lowest BCUT2D eigenvalue weighted by molar-refractivity contribution is -0.150. The van der Waals surface area contributed by atoms with Gasteiger partial charge in [0, 0.05) is 32.5 Å². The summed E-state index contributed by atoms with van der Waals surface area (Å²) in [6.45, 7) is 5.27. The minimum Gasteiger partial charge on any atom is -0.466 e. The number of rotatable bonds is 6. The molecule has 2 amide bonds. The first-order chi connectivity index (χ1) is 23.0. The van der Waals surface area contributed by atoms with Crippen LogP contribution in [0.1, 0.15) is 49.9 Å². The van der Waals surface area contributed by atoms with Crippen molar-refractivity contribution in [3.8, 4) is 0 Å². The van der Waals surface area contributed by atoms with Gasteiger partial charge in [0.1, 0.15) is 10.8 Å². The molecule has 2 N–H and O–H groups in total. The quantitative estimate of drug-likeness (QED) is 0.169. The second kappa shape index (κ2) is 11.4. The van der Waals surface area contributed by atoms with Crippen LogP contribution in [0.15, 0.2) is 84.9 Å². The molecule has 4 aromatic rings. The van der Waals surface area contributed by atoms with E-state index in [1.54, 1.807) is 79.7 Å². The van der Waals surface area contributed by atoms with Crippen molar-refractivity contribution in [2.75, 3.05) is 17.2 Å². The number of ether oxygens (including phenoxy) is 1. The number of fused-ring (bicyclic) bond motifs is 5. The average Bonchev–Trinajstić information content (AvgIpc) is 3.63. The summed E-state index contributed by atoms with van der Waals surface area (Å²) in [4.78, 5) is 74.9. The van der Waals surface area contributed by atoms with Crippen molar-refractivity contribution in [2.24, 2.45) is 17.8 Å². The lowest BCUT2D eigenvalue weighted by Crippen LogP contribution is -2.60. The lowest BCUT2D eigenvalue weighted by atomic mass is 9.53. The molecule has 7 rings (SSSR count). The third kappa shape index (κ3) is 4.25. The molecule has 0 saturated heterocycles. The highest BCUT2D eigenvalue weighted by molar-refractivity contribution is 6.32. The average molecular weight is 682 g/mol. The number of aryl methyl sites for hydroxylation is 2. The maximum absolute atomic E-state index is 15.2. The monoisotopic (exact) mass is 680 g/mol. The number of hydrogen-bond donors (Lipinski definition) is 2. The van der Waals surface area contributed by atoms with Gasteiger partial charge < -0.3 is 15.4 Å². The molecule has 3 aliphatic rings. The van der Waals surface area contributed by atoms with Crippen LogP contribution in [0.3, 0.4) is 0 Å². The number of anilines is 2. The van der Waals surface area contributed by atoms with Crippen molar-refractivity contribution in [1.82, 2.24) is 0 Å². The predicted octanol–water partition coefficient (Wildman–Crippen LogP) is 6.88. The summed E-state index contributed by atoms with van der Waals surface area (Å²) < 4.78 is 5.64. The lowest BCUT2D eigenvalue weighted by Gasteiger charge is -2.42. The number of esters is 1. The van der Waals surface area contributed by atoms with E-state index < -0.39 is 57.9 Å². The molecule has 1 saturated carbocycles. The van der Waals surface area contributed by atoms with Gasteiger partial charge in [0.05, 0.1) is 24.4 Å². The van der Waals surface area contributed by atoms with Crippen LogP contribution in [0.5, 0.6) is 0 Å². The molecule has 242 valence electrons. The summed E-state index contributed by atoms with van der Waals surface area (Å²) in [7, 11) is 0. The largest absolute Gasteiger partial charge is 0.466 e. The molecule has 1 fully saturated rings. The van der Waals surface area contributed by atoms with E-state index in [1.165, 1.54) is 12.1 Å². The molecule has 4 atom stereocenters. The molecule has 2 heterocycles. The molecule has 0 bridgehead atoms. The van der Waals surface area contributed by atoms with E-state index in [-0.39, 0.29) is 38.9 Å². The van der Waals surface area contributed by atoms with Gasteiger partial charge in [-0.3, -0.25) is 24.0 Å². The second-order valence-corrected chi connectivity index (χ2v) is 13.5. The fourth-order valence-corrected chi connectivity index (χ4v) is 8.58. The highest BCUT2D eigenvalue weighted by atomic mass is 35.5. The van der Waals surface area contributed by atoms with Gasteiger partial charge in [0.2, 0.25) is 11.8 Å². The summed E-state index contributed by atoms with van der Waals surface area (Å²) in [5, 5.41) is 6.24. The van der Waals surface area contributed by atoms with E-state index in [0.29, 0.717) is 11.4 Å². The van der Waals surface area contributed by atoms with Crippen molar-refractivity contribution < 1.29 is 28.7 Å². The van der Waals surface area contributed by atoms with Crippen LogP contribution in [0.25, 0.3) is 0 Å². The minimum absolute atomic E-state index is 0.0740. The molecule has 1 aliphatic carbocycles. The van der Waals surface area contributed by atoms with Crippen molar-refractivity contribution in [3.05, 3.63) is 128 Å². The highest BCUT2D eigenvalue weighted by Gasteiger charge is 2.83. The Morgan fingerprint density at radius 1 is 0.667 bits per heavy atom. The Kier molecular flexibility index (Phi) is 7.57. The zero-order valence-corrected chi connectivity index (χ0v) is 27.7. The van der Waals surface area contributed by atoms with Crippen LogP contribution in [-0.4, -0.2) is 36.0 Å². The van der Waals surface area contributed by atoms with Crippen LogP contribution in [0.2, 0.25) is 10.0 Å². The Morgan fingerprint density at radius 3 is 1.44 bits per heavy atom. The van der Waals surface area contributed by atoms with E-state index >= 15 is 19.2 Å². The number of nitrogens with one attached hydrogen (secondary N) is 2. The van der Waals surface area contributed by atoms with Crippen molar-refractivity contribution in [3.63, 3.8) is 0 Å². The smallest absolute Gasteiger partial charge is 0.310 e. The molecule has 0 aromatic heterocycles. The number of amides is 2. The molecule has 8 nitrogen and oxygen atoms in total. The molecular formula is C38H30Cl2N2O6. The molecular weight excluding hydrogens is 651 g/mol. The third-order valence-electron chi connectivity index (χ3n) is 10.1. The summed E-state index contributed by atoms with van der Waals surface area (Å²) in [5.41, 5.74) is -1.09. The van der Waals surface area contributed by atoms with Gasteiger partial charge in [-0.1, -0.05) is 82.9 Å². The molecule has 2 aliphatic heterocycles. The fourth-order valence-electron chi connectivity index (χ4n) is 8.24. The normalized spacial score (nSPS) is 25.1. The van der Waals surface area contributed by atoms with Gasteiger partial charge in [0.25, 0.3) is 0 Å². The number of halogens is 2. The number of ketones is 2. The Labute approximate surface area is 286 Å². The summed E-state index contributed by atoms with van der Waals surface area (Å²) in [5.74, 6) is -8.28. The number of Topliss-reactive ketones (excluding diaryl/α,β-unsaturated/α-hetero) is 2. The minimum atomic E-state index is -2.16. The zero-order valence-electron chi connectivity index (χ0n) is 26.2. The van der Waals surface area contributed by atoms with Crippen molar-refractivity contribution in [2.45, 2.75) is 31.6 Å². The van der Waals surface area contributed by atoms with Crippen LogP contribution in [0, 0.1) is 31.6 Å². The first-order valence-electron chi connectivity index (χ1n) is 15.6. The number of carbonyl (C=O) groups is 5. The van der Waals surface area contributed by atoms with E-state index in [4.69, 9.17) is 27.9 Å². The van der Waals surface area contributed by atoms with Gasteiger partial charge in [-0.05, 0) is 68.3 Å². The Bertz CT molecular complexity index is 1920. The first-order valence-corrected chi connectivity index (χ1v) is 16.3. The Morgan fingerprint density at radius 2 is 1.06 bits per heavy atom. The zero-order chi connectivity index (χ0) is 34.1. The predicted molar refractivity (Wildman–Crippen MR) is 182 cm³/mol. The molecule has 48 heavy (non-hydrogen) atoms. The van der Waals surface area contributed by atoms with E-state index in [9.17, 15) is 4.79 Å². The number of hydrogen-bond acceptors (Lipinski definition) is 6. The molecule has 2 spiro atoms. The van der Waals surface area contributed by atoms with E-state index in [1.807, 2.05) is 13.8 Å². The SMILES string of the molecule is CCOC(=O)C1C(C(=O)c2ccc(C)cc2)C2(C(=O)Nc3ccc(Cl)cc32)C2(C(=O)Nc3ccc(Cl)cc32)C1C(=O)c1ccc(C)cc1. The second-order valence-electron chi connectivity index (χ2n) is 12.6. The van der Waals surface area contributed by atoms with E-state index in [2.05, 4.69) is 10.6 Å². The molecule has 0 radical (unpaired) electrons. The number of carbonyl (C=O) groups excluding carboxylic acids is 5. The summed E-state index contributed by atoms with van der Waals surface area (Å²) in [6, 6.07) is 22.8. The van der Waals surface area contributed by atoms with Gasteiger partial charge >= 0.3 is 5.97 Å². The molecule has 4 unspecified atom stereocenters. The standard InChI is InChI=1S/C38H30Cl2N2O6/c1-4-48-34(45)29-30(32(43)21-9-5-19(2)6-10-21)37(25-17-23(39)13-15-27(25)41-35(37)46)38(26-18-24(40)14-16-28(26)42-36(38)47)31(29)33(44)22-11-7-20(3)8-12-22/h5-18,29-31H,4H2,1-3H3,(H,41,46)(H,42,47). The van der Waals surface area contributed by atoms with Gasteiger partial charge in [-0.15, -0.1) is 0 Å². The maximum atomic E-state index is 15.2. The Balaban J connectivity index is 1.67. The van der Waals surface area contributed by atoms with Crippen molar-refractivity contribution >= 4 is 63.9 Å². The summed E-state index contributed by atoms with van der Waals surface area (Å²) in [6.07, 6.45) is 0. The van der Waals surface area contributed by atoms with Crippen LogP contribution in [0.4, 0.5) is 11.4 Å². The van der Waals surface area contributed by atoms with Crippen LogP contribution < -0.4 is 10.6 Å². The fraction of sp³-hybridized carbons (Fsp3) is 0.237. The summed E-state index contributed by atoms with van der Waals surface area (Å²) >= 11 is 13.2. The van der Waals surface area contributed by atoms with Gasteiger partial charge in [-0.25, -0.2) is 0 Å². The van der Waals surface area contributed by atoms with Crippen LogP contribution in [-0.2, 0) is 30.0 Å².